The zero-order valence-corrected chi connectivity index (χ0v) is 17.7. The van der Waals surface area contributed by atoms with Crippen molar-refractivity contribution in [1.82, 2.24) is 5.48 Å². The van der Waals surface area contributed by atoms with Crippen LogP contribution < -0.4 is 5.48 Å². The highest BCUT2D eigenvalue weighted by Crippen LogP contribution is 2.39. The van der Waals surface area contributed by atoms with Crippen molar-refractivity contribution in [2.24, 2.45) is 11.8 Å². The number of amides is 1. The molecular weight excluding hydrogens is 431 g/mol. The van der Waals surface area contributed by atoms with Crippen LogP contribution in [0.15, 0.2) is 42.5 Å². The first-order chi connectivity index (χ1) is 14.6. The number of hydrogen-bond acceptors (Lipinski definition) is 3. The first kappa shape index (κ1) is 23.1. The van der Waals surface area contributed by atoms with Crippen LogP contribution in [0.1, 0.15) is 36.8 Å². The molecule has 0 atom stereocenters. The van der Waals surface area contributed by atoms with E-state index in [0.717, 1.165) is 22.3 Å². The summed E-state index contributed by atoms with van der Waals surface area (Å²) in [7, 11) is 0. The van der Waals surface area contributed by atoms with Gasteiger partial charge in [0.25, 0.3) is 5.91 Å². The fourth-order valence-corrected chi connectivity index (χ4v) is 3.87. The third-order valence-corrected chi connectivity index (χ3v) is 5.92. The summed E-state index contributed by atoms with van der Waals surface area (Å²) < 4.78 is 38.2. The summed E-state index contributed by atoms with van der Waals surface area (Å²) >= 11 is 5.92. The minimum absolute atomic E-state index is 0.00135. The molecule has 1 saturated carbocycles. The van der Waals surface area contributed by atoms with Crippen molar-refractivity contribution < 1.29 is 27.6 Å². The molecule has 8 heteroatoms. The molecule has 0 aliphatic heterocycles. The first-order valence-electron chi connectivity index (χ1n) is 10.0. The lowest BCUT2D eigenvalue weighted by molar-refractivity contribution is -0.188. The van der Waals surface area contributed by atoms with Gasteiger partial charge in [-0.3, -0.25) is 4.79 Å². The van der Waals surface area contributed by atoms with Gasteiger partial charge < -0.3 is 4.84 Å². The van der Waals surface area contributed by atoms with Crippen molar-refractivity contribution in [2.75, 3.05) is 0 Å². The van der Waals surface area contributed by atoms with Gasteiger partial charge in [-0.15, -0.1) is 0 Å². The second-order valence-corrected chi connectivity index (χ2v) is 8.30. The van der Waals surface area contributed by atoms with E-state index in [-0.39, 0.29) is 32.1 Å². The second-order valence-electron chi connectivity index (χ2n) is 7.86. The number of hydroxylamine groups is 1. The Morgan fingerprint density at radius 3 is 2.26 bits per heavy atom. The van der Waals surface area contributed by atoms with E-state index in [4.69, 9.17) is 16.4 Å². The maximum absolute atomic E-state index is 12.7. The molecule has 1 fully saturated rings. The Hall–Kier alpha value is -2.54. The molecule has 1 N–H and O–H groups in total. The minimum atomic E-state index is -4.23. The Bertz CT molecular complexity index is 936. The number of halogens is 4. The van der Waals surface area contributed by atoms with Gasteiger partial charge in [0.1, 0.15) is 0 Å². The molecule has 2 aromatic rings. The number of rotatable bonds is 4. The van der Waals surface area contributed by atoms with Crippen LogP contribution in [0.25, 0.3) is 11.1 Å². The molecule has 3 rings (SSSR count). The number of nitrogens with one attached hydrogen (secondary N) is 1. The molecule has 4 nitrogen and oxygen atoms in total. The topological polar surface area (TPSA) is 55.4 Å². The molecule has 2 aromatic carbocycles. The highest BCUT2D eigenvalue weighted by atomic mass is 35.5. The Morgan fingerprint density at radius 2 is 1.65 bits per heavy atom. The van der Waals surface area contributed by atoms with E-state index in [1.807, 2.05) is 37.3 Å². The maximum Gasteiger partial charge on any atom is 0.391 e. The van der Waals surface area contributed by atoms with Gasteiger partial charge in [-0.2, -0.15) is 18.7 Å². The average Bonchev–Trinajstić information content (AvgIpc) is 2.73. The van der Waals surface area contributed by atoms with Crippen LogP contribution in [-0.2, 0) is 20.8 Å². The van der Waals surface area contributed by atoms with Gasteiger partial charge in [0.05, 0.1) is 18.3 Å². The molecule has 0 heterocycles. The average molecular weight is 454 g/mol. The second kappa shape index (κ2) is 9.73. The zero-order valence-electron chi connectivity index (χ0n) is 17.0. The molecule has 31 heavy (non-hydrogen) atoms. The van der Waals surface area contributed by atoms with E-state index in [9.17, 15) is 22.8 Å². The number of benzene rings is 2. The zero-order chi connectivity index (χ0) is 22.6. The minimum Gasteiger partial charge on any atom is -0.340 e. The van der Waals surface area contributed by atoms with Crippen LogP contribution in [-0.4, -0.2) is 18.1 Å². The maximum atomic E-state index is 12.7. The SMILES string of the molecule is Cc1ccc(-c2ccc(Cl)cc2)cc1CC(=O)NOC(=O)C1CCC(C(F)(F)F)CC1. The van der Waals surface area contributed by atoms with Crippen LogP contribution in [0, 0.1) is 18.8 Å². The van der Waals surface area contributed by atoms with Crippen LogP contribution >= 0.6 is 11.6 Å². The smallest absolute Gasteiger partial charge is 0.340 e. The molecule has 0 spiro atoms. The molecule has 1 aliphatic rings. The van der Waals surface area contributed by atoms with E-state index >= 15 is 0 Å². The van der Waals surface area contributed by atoms with Gasteiger partial charge in [0, 0.05) is 5.02 Å². The summed E-state index contributed by atoms with van der Waals surface area (Å²) in [4.78, 5) is 29.3. The fraction of sp³-hybridized carbons (Fsp3) is 0.391. The number of alkyl halides is 3. The van der Waals surface area contributed by atoms with Crippen molar-refractivity contribution in [2.45, 2.75) is 45.2 Å². The van der Waals surface area contributed by atoms with Gasteiger partial charge in [-0.25, -0.2) is 4.79 Å². The predicted molar refractivity (Wildman–Crippen MR) is 111 cm³/mol. The lowest BCUT2D eigenvalue weighted by Gasteiger charge is -2.28. The summed E-state index contributed by atoms with van der Waals surface area (Å²) in [5.74, 6) is -3.20. The van der Waals surface area contributed by atoms with Crippen molar-refractivity contribution in [3.63, 3.8) is 0 Å². The molecule has 166 valence electrons. The lowest BCUT2D eigenvalue weighted by Crippen LogP contribution is -2.35. The summed E-state index contributed by atoms with van der Waals surface area (Å²) in [5.41, 5.74) is 5.68. The quantitative estimate of drug-likeness (QED) is 0.595. The van der Waals surface area contributed by atoms with E-state index in [1.165, 1.54) is 0 Å². The Balaban J connectivity index is 1.53. The summed E-state index contributed by atoms with van der Waals surface area (Å²) in [6, 6.07) is 13.1. The monoisotopic (exact) mass is 453 g/mol. The van der Waals surface area contributed by atoms with E-state index in [1.54, 1.807) is 12.1 Å². The number of hydrogen-bond donors (Lipinski definition) is 1. The van der Waals surface area contributed by atoms with Gasteiger partial charge >= 0.3 is 12.1 Å². The standard InChI is InChI=1S/C23H23ClF3NO3/c1-14-2-3-17(15-6-10-20(24)11-7-15)12-18(14)13-21(29)28-31-22(30)16-4-8-19(9-5-16)23(25,26)27/h2-3,6-7,10-12,16,19H,4-5,8-9,13H2,1H3,(H,28,29). The van der Waals surface area contributed by atoms with Crippen LogP contribution in [0.2, 0.25) is 5.02 Å². The Morgan fingerprint density at radius 1 is 1.03 bits per heavy atom. The highest BCUT2D eigenvalue weighted by molar-refractivity contribution is 6.30. The third kappa shape index (κ3) is 6.23. The molecular formula is C23H23ClF3NO3. The van der Waals surface area contributed by atoms with Crippen LogP contribution in [0.4, 0.5) is 13.2 Å². The van der Waals surface area contributed by atoms with Crippen molar-refractivity contribution in [3.8, 4) is 11.1 Å². The normalized spacial score (nSPS) is 19.0. The number of aryl methyl sites for hydroxylation is 1. The molecule has 0 radical (unpaired) electrons. The third-order valence-electron chi connectivity index (χ3n) is 5.67. The van der Waals surface area contributed by atoms with Crippen molar-refractivity contribution >= 4 is 23.5 Å². The summed E-state index contributed by atoms with van der Waals surface area (Å²) in [6.07, 6.45) is -4.24. The van der Waals surface area contributed by atoms with Gasteiger partial charge in [0.15, 0.2) is 0 Å². The summed E-state index contributed by atoms with van der Waals surface area (Å²) in [5, 5.41) is 0.629. The van der Waals surface area contributed by atoms with Gasteiger partial charge in [0.2, 0.25) is 0 Å². The van der Waals surface area contributed by atoms with Crippen molar-refractivity contribution in [1.29, 1.82) is 0 Å². The molecule has 1 aliphatic carbocycles. The van der Waals surface area contributed by atoms with E-state index in [0.29, 0.717) is 5.02 Å². The molecule has 0 unspecified atom stereocenters. The largest absolute Gasteiger partial charge is 0.391 e. The van der Waals surface area contributed by atoms with Crippen LogP contribution in [0.5, 0.6) is 0 Å². The predicted octanol–water partition coefficient (Wildman–Crippen LogP) is 5.80. The lowest BCUT2D eigenvalue weighted by atomic mass is 9.82. The summed E-state index contributed by atoms with van der Waals surface area (Å²) in [6.45, 7) is 1.87. The van der Waals surface area contributed by atoms with Crippen LogP contribution in [0.3, 0.4) is 0 Å². The fourth-order valence-electron chi connectivity index (χ4n) is 3.74. The molecule has 0 aromatic heterocycles. The van der Waals surface area contributed by atoms with Gasteiger partial charge in [-0.05, 0) is 67.0 Å². The van der Waals surface area contributed by atoms with Gasteiger partial charge in [-0.1, -0.05) is 41.9 Å². The first-order valence-corrected chi connectivity index (χ1v) is 10.4. The number of carbonyl (C=O) groups is 2. The van der Waals surface area contributed by atoms with Crippen molar-refractivity contribution in [3.05, 3.63) is 58.6 Å². The number of carbonyl (C=O) groups excluding carboxylic acids is 2. The highest BCUT2D eigenvalue weighted by Gasteiger charge is 2.42. The van der Waals surface area contributed by atoms with E-state index in [2.05, 4.69) is 5.48 Å². The Kier molecular flexibility index (Phi) is 7.26. The molecule has 0 saturated heterocycles. The molecule has 1 amide bonds. The van der Waals surface area contributed by atoms with E-state index < -0.39 is 29.9 Å². The Labute approximate surface area is 183 Å². The molecule has 0 bridgehead atoms.